The number of halogens is 4. The van der Waals surface area contributed by atoms with E-state index in [0.717, 1.165) is 0 Å². The fraction of sp³-hybridized carbons (Fsp3) is 0.235. The van der Waals surface area contributed by atoms with E-state index in [2.05, 4.69) is 20.7 Å². The number of ether oxygens (including phenoxy) is 3. The van der Waals surface area contributed by atoms with Crippen molar-refractivity contribution in [3.63, 3.8) is 0 Å². The van der Waals surface area contributed by atoms with E-state index in [4.69, 9.17) is 21.1 Å². The molecule has 4 nitrogen and oxygen atoms in total. The molecule has 25 heavy (non-hydrogen) atoms. The summed E-state index contributed by atoms with van der Waals surface area (Å²) in [7, 11) is 1.18. The number of alkyl halides is 2. The first-order chi connectivity index (χ1) is 11.8. The van der Waals surface area contributed by atoms with Gasteiger partial charge in [-0.1, -0.05) is 33.6 Å². The van der Waals surface area contributed by atoms with E-state index >= 15 is 0 Å². The number of carbonyl (C=O) groups is 1. The van der Waals surface area contributed by atoms with Crippen molar-refractivity contribution in [3.8, 4) is 11.5 Å². The SMILES string of the molecule is COC(=O)Oc1cccc(Br)c1COc1cc(Cl)c(C)cc1C(F)F. The van der Waals surface area contributed by atoms with E-state index < -0.39 is 12.6 Å². The summed E-state index contributed by atoms with van der Waals surface area (Å²) in [5, 5.41) is 0.317. The van der Waals surface area contributed by atoms with E-state index in [9.17, 15) is 13.6 Å². The van der Waals surface area contributed by atoms with Crippen LogP contribution in [0.3, 0.4) is 0 Å². The molecule has 0 heterocycles. The largest absolute Gasteiger partial charge is 0.513 e. The zero-order valence-corrected chi connectivity index (χ0v) is 15.7. The number of hydrogen-bond donors (Lipinski definition) is 0. The van der Waals surface area contributed by atoms with Crippen LogP contribution < -0.4 is 9.47 Å². The lowest BCUT2D eigenvalue weighted by molar-refractivity contribution is 0.120. The van der Waals surface area contributed by atoms with E-state index in [1.807, 2.05) is 0 Å². The van der Waals surface area contributed by atoms with Crippen LogP contribution in [-0.4, -0.2) is 13.3 Å². The van der Waals surface area contributed by atoms with Crippen molar-refractivity contribution in [2.75, 3.05) is 7.11 Å². The number of rotatable bonds is 5. The first kappa shape index (κ1) is 19.5. The molecule has 0 radical (unpaired) electrons. The topological polar surface area (TPSA) is 44.8 Å². The van der Waals surface area contributed by atoms with Crippen LogP contribution in [0.1, 0.15) is 23.1 Å². The maximum atomic E-state index is 13.2. The molecule has 0 fully saturated rings. The number of hydrogen-bond acceptors (Lipinski definition) is 4. The molecule has 0 N–H and O–H groups in total. The second-order valence-electron chi connectivity index (χ2n) is 5.00. The minimum Gasteiger partial charge on any atom is -0.488 e. The van der Waals surface area contributed by atoms with Gasteiger partial charge in [-0.15, -0.1) is 0 Å². The van der Waals surface area contributed by atoms with E-state index in [1.165, 1.54) is 25.3 Å². The van der Waals surface area contributed by atoms with Crippen LogP contribution in [0.4, 0.5) is 13.6 Å². The smallest absolute Gasteiger partial charge is 0.488 e. The van der Waals surface area contributed by atoms with Gasteiger partial charge < -0.3 is 14.2 Å². The second-order valence-corrected chi connectivity index (χ2v) is 6.26. The van der Waals surface area contributed by atoms with Gasteiger partial charge in [0.2, 0.25) is 0 Å². The zero-order chi connectivity index (χ0) is 18.6. The van der Waals surface area contributed by atoms with Gasteiger partial charge in [-0.3, -0.25) is 0 Å². The van der Waals surface area contributed by atoms with Gasteiger partial charge in [0.25, 0.3) is 6.43 Å². The Morgan fingerprint density at radius 2 is 2.00 bits per heavy atom. The lowest BCUT2D eigenvalue weighted by Gasteiger charge is -2.15. The first-order valence-corrected chi connectivity index (χ1v) is 8.24. The van der Waals surface area contributed by atoms with Crippen molar-refractivity contribution in [1.29, 1.82) is 0 Å². The highest BCUT2D eigenvalue weighted by Gasteiger charge is 2.18. The number of carbonyl (C=O) groups excluding carboxylic acids is 1. The van der Waals surface area contributed by atoms with E-state index in [-0.39, 0.29) is 23.7 Å². The summed E-state index contributed by atoms with van der Waals surface area (Å²) in [6.07, 6.45) is -3.61. The Labute approximate surface area is 156 Å². The molecular weight excluding hydrogens is 422 g/mol. The molecule has 0 aliphatic rings. The molecule has 134 valence electrons. The van der Waals surface area contributed by atoms with Gasteiger partial charge in [0.15, 0.2) is 0 Å². The molecule has 2 aromatic carbocycles. The third-order valence-corrected chi connectivity index (χ3v) is 4.48. The molecule has 0 atom stereocenters. The molecule has 0 amide bonds. The van der Waals surface area contributed by atoms with Gasteiger partial charge in [-0.25, -0.2) is 13.6 Å². The summed E-state index contributed by atoms with van der Waals surface area (Å²) in [6.45, 7) is 1.51. The van der Waals surface area contributed by atoms with Crippen LogP contribution >= 0.6 is 27.5 Å². The summed E-state index contributed by atoms with van der Waals surface area (Å²) in [5.41, 5.74) is 0.731. The van der Waals surface area contributed by atoms with Crippen LogP contribution in [0.2, 0.25) is 5.02 Å². The monoisotopic (exact) mass is 434 g/mol. The summed E-state index contributed by atoms with van der Waals surface area (Å²) >= 11 is 9.32. The molecule has 0 unspecified atom stereocenters. The molecule has 0 aliphatic heterocycles. The standard InChI is InChI=1S/C17H14BrClF2O4/c1-9-6-10(16(20)21)15(7-13(9)19)24-8-11-12(18)4-3-5-14(11)25-17(22)23-2/h3-7,16H,8H2,1-2H3. The molecule has 2 aromatic rings. The van der Waals surface area contributed by atoms with Crippen LogP contribution in [0.15, 0.2) is 34.8 Å². The Hall–Kier alpha value is -1.86. The maximum Gasteiger partial charge on any atom is 0.513 e. The van der Waals surface area contributed by atoms with Gasteiger partial charge in [0, 0.05) is 15.1 Å². The average Bonchev–Trinajstić information content (AvgIpc) is 2.56. The predicted molar refractivity (Wildman–Crippen MR) is 92.7 cm³/mol. The Morgan fingerprint density at radius 3 is 2.64 bits per heavy atom. The molecule has 8 heteroatoms. The Bertz CT molecular complexity index is 783. The fourth-order valence-corrected chi connectivity index (χ4v) is 2.65. The normalized spacial score (nSPS) is 10.7. The van der Waals surface area contributed by atoms with Gasteiger partial charge in [-0.2, -0.15) is 0 Å². The zero-order valence-electron chi connectivity index (χ0n) is 13.3. The summed E-state index contributed by atoms with van der Waals surface area (Å²) in [5.74, 6) is 0.156. The molecule has 2 rings (SSSR count). The highest BCUT2D eigenvalue weighted by molar-refractivity contribution is 9.10. The molecular formula is C17H14BrClF2O4. The summed E-state index contributed by atoms with van der Waals surface area (Å²) in [6, 6.07) is 7.53. The summed E-state index contributed by atoms with van der Waals surface area (Å²) in [4.78, 5) is 11.3. The van der Waals surface area contributed by atoms with Crippen molar-refractivity contribution in [1.82, 2.24) is 0 Å². The van der Waals surface area contributed by atoms with Crippen LogP contribution in [0.25, 0.3) is 0 Å². The van der Waals surface area contributed by atoms with Gasteiger partial charge >= 0.3 is 6.16 Å². The highest BCUT2D eigenvalue weighted by Crippen LogP contribution is 2.35. The average molecular weight is 436 g/mol. The van der Waals surface area contributed by atoms with Crippen LogP contribution in [0, 0.1) is 6.92 Å². The maximum absolute atomic E-state index is 13.2. The van der Waals surface area contributed by atoms with Crippen molar-refractivity contribution in [2.24, 2.45) is 0 Å². The van der Waals surface area contributed by atoms with Crippen molar-refractivity contribution in [2.45, 2.75) is 20.0 Å². The van der Waals surface area contributed by atoms with Crippen LogP contribution in [0.5, 0.6) is 11.5 Å². The molecule has 0 bridgehead atoms. The number of aryl methyl sites for hydroxylation is 1. The van der Waals surface area contributed by atoms with Gasteiger partial charge in [-0.05, 0) is 36.8 Å². The highest BCUT2D eigenvalue weighted by atomic mass is 79.9. The van der Waals surface area contributed by atoms with Crippen LogP contribution in [-0.2, 0) is 11.3 Å². The third kappa shape index (κ3) is 4.83. The molecule has 0 saturated carbocycles. The quantitative estimate of drug-likeness (QED) is 0.422. The van der Waals surface area contributed by atoms with Crippen molar-refractivity contribution >= 4 is 33.7 Å². The lowest BCUT2D eigenvalue weighted by Crippen LogP contribution is -2.10. The number of benzene rings is 2. The van der Waals surface area contributed by atoms with Gasteiger partial charge in [0.1, 0.15) is 18.1 Å². The van der Waals surface area contributed by atoms with Gasteiger partial charge in [0.05, 0.1) is 12.7 Å². The van der Waals surface area contributed by atoms with Crippen molar-refractivity contribution in [3.05, 3.63) is 56.5 Å². The van der Waals surface area contributed by atoms with E-state index in [0.29, 0.717) is 20.6 Å². The third-order valence-electron chi connectivity index (χ3n) is 3.33. The first-order valence-electron chi connectivity index (χ1n) is 7.07. The predicted octanol–water partition coefficient (Wildman–Crippen LogP) is 6.07. The molecule has 0 spiro atoms. The van der Waals surface area contributed by atoms with Crippen molar-refractivity contribution < 1.29 is 27.8 Å². The number of methoxy groups -OCH3 is 1. The molecule has 0 aromatic heterocycles. The summed E-state index contributed by atoms with van der Waals surface area (Å²) < 4.78 is 42.1. The minimum absolute atomic E-state index is 0.0367. The molecule has 0 aliphatic carbocycles. The fourth-order valence-electron chi connectivity index (χ4n) is 2.04. The Morgan fingerprint density at radius 1 is 1.28 bits per heavy atom. The molecule has 0 saturated heterocycles. The second kappa shape index (κ2) is 8.49. The van der Waals surface area contributed by atoms with E-state index in [1.54, 1.807) is 19.1 Å². The Kier molecular flexibility index (Phi) is 6.61. The lowest BCUT2D eigenvalue weighted by atomic mass is 10.1. The minimum atomic E-state index is -2.71. The Balaban J connectivity index is 2.30.